The minimum atomic E-state index is -3.64. The standard InChI is InChI=1S/C19H25N3O3S/c23-19(14-15-6-3-4-7-15)21-16-9-11-17(12-10-16)26(24,25)22-18-8-2-1-5-13-20-18/h3,6,9-12,15H,1-2,4-5,7-8,13-14H2,(H,20,22)(H,21,23). The first-order valence-corrected chi connectivity index (χ1v) is 10.6. The second kappa shape index (κ2) is 8.49. The summed E-state index contributed by atoms with van der Waals surface area (Å²) >= 11 is 0. The molecule has 1 aromatic carbocycles. The molecule has 1 aliphatic carbocycles. The van der Waals surface area contributed by atoms with Gasteiger partial charge in [0.25, 0.3) is 10.0 Å². The maximum atomic E-state index is 12.5. The van der Waals surface area contributed by atoms with E-state index in [1.54, 1.807) is 12.1 Å². The van der Waals surface area contributed by atoms with Gasteiger partial charge in [-0.3, -0.25) is 14.5 Å². The molecule has 0 bridgehead atoms. The highest BCUT2D eigenvalue weighted by atomic mass is 32.2. The van der Waals surface area contributed by atoms with Crippen LogP contribution in [0.5, 0.6) is 0 Å². The number of carbonyl (C=O) groups is 1. The molecule has 3 rings (SSSR count). The van der Waals surface area contributed by atoms with Crippen LogP contribution in [0.3, 0.4) is 0 Å². The van der Waals surface area contributed by atoms with Crippen LogP contribution in [0.2, 0.25) is 0 Å². The van der Waals surface area contributed by atoms with E-state index >= 15 is 0 Å². The van der Waals surface area contributed by atoms with Gasteiger partial charge < -0.3 is 5.32 Å². The monoisotopic (exact) mass is 375 g/mol. The Morgan fingerprint density at radius 1 is 1.15 bits per heavy atom. The number of amidine groups is 1. The first kappa shape index (κ1) is 18.6. The van der Waals surface area contributed by atoms with Crippen molar-refractivity contribution < 1.29 is 13.2 Å². The first-order chi connectivity index (χ1) is 12.5. The molecule has 1 unspecified atom stereocenters. The molecule has 1 atom stereocenters. The zero-order valence-corrected chi connectivity index (χ0v) is 15.6. The molecule has 0 aromatic heterocycles. The normalized spacial score (nSPS) is 20.3. The molecule has 2 aliphatic rings. The molecule has 0 spiro atoms. The average molecular weight is 375 g/mol. The molecule has 2 N–H and O–H groups in total. The fourth-order valence-electron chi connectivity index (χ4n) is 3.20. The summed E-state index contributed by atoms with van der Waals surface area (Å²) < 4.78 is 27.6. The van der Waals surface area contributed by atoms with Crippen LogP contribution < -0.4 is 10.0 Å². The predicted octanol–water partition coefficient (Wildman–Crippen LogP) is 3.23. The van der Waals surface area contributed by atoms with Crippen molar-refractivity contribution in [3.63, 3.8) is 0 Å². The lowest BCUT2D eigenvalue weighted by Crippen LogP contribution is -2.30. The van der Waals surface area contributed by atoms with E-state index in [1.165, 1.54) is 12.1 Å². The van der Waals surface area contributed by atoms with Crippen molar-refractivity contribution >= 4 is 27.5 Å². The van der Waals surface area contributed by atoms with Crippen LogP contribution in [0.1, 0.15) is 44.9 Å². The Labute approximate surface area is 154 Å². The first-order valence-electron chi connectivity index (χ1n) is 9.16. The lowest BCUT2D eigenvalue weighted by molar-refractivity contribution is -0.116. The molecule has 0 fully saturated rings. The molecule has 140 valence electrons. The topological polar surface area (TPSA) is 87.6 Å². The number of anilines is 1. The number of nitrogens with zero attached hydrogens (tertiary/aromatic N) is 1. The summed E-state index contributed by atoms with van der Waals surface area (Å²) in [5.74, 6) is 0.784. The van der Waals surface area contributed by atoms with Gasteiger partial charge in [0, 0.05) is 25.1 Å². The highest BCUT2D eigenvalue weighted by Gasteiger charge is 2.18. The van der Waals surface area contributed by atoms with Crippen molar-refractivity contribution in [3.8, 4) is 0 Å². The van der Waals surface area contributed by atoms with E-state index in [0.29, 0.717) is 36.8 Å². The average Bonchev–Trinajstić information content (AvgIpc) is 2.98. The van der Waals surface area contributed by atoms with E-state index in [9.17, 15) is 13.2 Å². The number of rotatable bonds is 5. The Bertz CT molecular complexity index is 798. The Hall–Kier alpha value is -2.15. The molecular weight excluding hydrogens is 350 g/mol. The number of nitrogens with one attached hydrogen (secondary N) is 2. The number of hydrogen-bond donors (Lipinski definition) is 2. The summed E-state index contributed by atoms with van der Waals surface area (Å²) in [6.07, 6.45) is 10.3. The van der Waals surface area contributed by atoms with Crippen LogP contribution in [-0.4, -0.2) is 26.7 Å². The van der Waals surface area contributed by atoms with Crippen molar-refractivity contribution in [1.29, 1.82) is 0 Å². The van der Waals surface area contributed by atoms with Crippen molar-refractivity contribution in [1.82, 2.24) is 4.72 Å². The summed E-state index contributed by atoms with van der Waals surface area (Å²) in [6, 6.07) is 6.24. The predicted molar refractivity (Wildman–Crippen MR) is 103 cm³/mol. The van der Waals surface area contributed by atoms with E-state index < -0.39 is 10.0 Å². The Morgan fingerprint density at radius 2 is 1.96 bits per heavy atom. The van der Waals surface area contributed by atoms with E-state index in [4.69, 9.17) is 0 Å². The molecular formula is C19H25N3O3S. The van der Waals surface area contributed by atoms with Crippen LogP contribution in [-0.2, 0) is 14.8 Å². The summed E-state index contributed by atoms with van der Waals surface area (Å²) in [4.78, 5) is 16.5. The van der Waals surface area contributed by atoms with Crippen LogP contribution in [0, 0.1) is 5.92 Å². The Morgan fingerprint density at radius 3 is 2.69 bits per heavy atom. The fourth-order valence-corrected chi connectivity index (χ4v) is 4.29. The maximum absolute atomic E-state index is 12.5. The molecule has 1 aliphatic heterocycles. The van der Waals surface area contributed by atoms with E-state index in [2.05, 4.69) is 27.2 Å². The number of aliphatic imine (C=N–C) groups is 1. The Kier molecular flexibility index (Phi) is 6.08. The zero-order chi connectivity index (χ0) is 18.4. The second-order valence-corrected chi connectivity index (χ2v) is 8.47. The van der Waals surface area contributed by atoms with Gasteiger partial charge in [-0.15, -0.1) is 0 Å². The van der Waals surface area contributed by atoms with Crippen molar-refractivity contribution in [2.75, 3.05) is 11.9 Å². The van der Waals surface area contributed by atoms with Gasteiger partial charge in [-0.2, -0.15) is 0 Å². The van der Waals surface area contributed by atoms with Crippen LogP contribution in [0.15, 0.2) is 46.3 Å². The molecule has 0 radical (unpaired) electrons. The lowest BCUT2D eigenvalue weighted by atomic mass is 10.1. The molecule has 0 saturated carbocycles. The highest BCUT2D eigenvalue weighted by molar-refractivity contribution is 7.90. The molecule has 1 amide bonds. The molecule has 26 heavy (non-hydrogen) atoms. The number of benzene rings is 1. The summed E-state index contributed by atoms with van der Waals surface area (Å²) in [7, 11) is -3.64. The van der Waals surface area contributed by atoms with Gasteiger partial charge in [0.15, 0.2) is 0 Å². The van der Waals surface area contributed by atoms with Crippen LogP contribution in [0.25, 0.3) is 0 Å². The third kappa shape index (κ3) is 5.17. The molecule has 6 nitrogen and oxygen atoms in total. The minimum Gasteiger partial charge on any atom is -0.326 e. The number of amides is 1. The molecule has 1 heterocycles. The van der Waals surface area contributed by atoms with Crippen molar-refractivity contribution in [3.05, 3.63) is 36.4 Å². The van der Waals surface area contributed by atoms with Crippen molar-refractivity contribution in [2.24, 2.45) is 10.9 Å². The van der Waals surface area contributed by atoms with Gasteiger partial charge in [-0.25, -0.2) is 8.42 Å². The molecule has 1 aromatic rings. The second-order valence-electron chi connectivity index (χ2n) is 6.79. The number of allylic oxidation sites excluding steroid dienone is 2. The molecule has 7 heteroatoms. The van der Waals surface area contributed by atoms with Gasteiger partial charge >= 0.3 is 0 Å². The van der Waals surface area contributed by atoms with Crippen molar-refractivity contribution in [2.45, 2.75) is 49.8 Å². The van der Waals surface area contributed by atoms with Gasteiger partial charge in [-0.1, -0.05) is 18.6 Å². The van der Waals surface area contributed by atoms with E-state index in [0.717, 1.165) is 32.1 Å². The minimum absolute atomic E-state index is 0.0527. The smallest absolute Gasteiger partial charge is 0.262 e. The maximum Gasteiger partial charge on any atom is 0.262 e. The van der Waals surface area contributed by atoms with Gasteiger partial charge in [0.05, 0.1) is 4.90 Å². The third-order valence-corrected chi connectivity index (χ3v) is 6.03. The van der Waals surface area contributed by atoms with E-state index in [-0.39, 0.29) is 10.8 Å². The van der Waals surface area contributed by atoms with Gasteiger partial charge in [-0.05, 0) is 55.9 Å². The SMILES string of the molecule is O=C(CC1C=CCC1)Nc1ccc(S(=O)(=O)NC2=NCCCCC2)cc1. The third-order valence-electron chi connectivity index (χ3n) is 4.63. The summed E-state index contributed by atoms with van der Waals surface area (Å²) in [5.41, 5.74) is 0.600. The largest absolute Gasteiger partial charge is 0.326 e. The molecule has 0 saturated heterocycles. The van der Waals surface area contributed by atoms with E-state index in [1.807, 2.05) is 0 Å². The van der Waals surface area contributed by atoms with Gasteiger partial charge in [0.1, 0.15) is 5.84 Å². The lowest BCUT2D eigenvalue weighted by Gasteiger charge is -2.11. The zero-order valence-electron chi connectivity index (χ0n) is 14.8. The number of carbonyl (C=O) groups excluding carboxylic acids is 1. The number of hydrogen-bond acceptors (Lipinski definition) is 4. The highest BCUT2D eigenvalue weighted by Crippen LogP contribution is 2.21. The summed E-state index contributed by atoms with van der Waals surface area (Å²) in [5, 5.41) is 2.83. The summed E-state index contributed by atoms with van der Waals surface area (Å²) in [6.45, 7) is 0.666. The van der Waals surface area contributed by atoms with Crippen LogP contribution in [0.4, 0.5) is 5.69 Å². The number of sulfonamides is 1. The van der Waals surface area contributed by atoms with Gasteiger partial charge in [0.2, 0.25) is 5.91 Å². The fraction of sp³-hybridized carbons (Fsp3) is 0.474. The Balaban J connectivity index is 1.59. The van der Waals surface area contributed by atoms with Crippen LogP contribution >= 0.6 is 0 Å². The quantitative estimate of drug-likeness (QED) is 0.775.